The van der Waals surface area contributed by atoms with Crippen LogP contribution in [-0.4, -0.2) is 108 Å². The van der Waals surface area contributed by atoms with Crippen molar-refractivity contribution >= 4 is 33.4 Å². The summed E-state index contributed by atoms with van der Waals surface area (Å²) in [7, 11) is 1.42. The van der Waals surface area contributed by atoms with Crippen molar-refractivity contribution in [2.24, 2.45) is 0 Å². The maximum absolute atomic E-state index is 16.5. The van der Waals surface area contributed by atoms with E-state index in [1.807, 2.05) is 15.9 Å². The zero-order chi connectivity index (χ0) is 33.0. The molecule has 6 heterocycles. The van der Waals surface area contributed by atoms with Crippen molar-refractivity contribution in [1.82, 2.24) is 24.8 Å². The van der Waals surface area contributed by atoms with Crippen molar-refractivity contribution in [1.29, 1.82) is 0 Å². The molecule has 1 spiro atoms. The number of fused-ring (bicyclic) bond motifs is 4. The maximum Gasteiger partial charge on any atom is 0.318 e. The number of ether oxygens (including phenoxy) is 3. The molecule has 4 aromatic rings. The number of methoxy groups -OCH3 is 1. The van der Waals surface area contributed by atoms with Gasteiger partial charge < -0.3 is 24.0 Å². The summed E-state index contributed by atoms with van der Waals surface area (Å²) in [4.78, 5) is 33.4. The van der Waals surface area contributed by atoms with E-state index >= 15 is 4.39 Å². The molecule has 246 valence electrons. The van der Waals surface area contributed by atoms with Crippen LogP contribution in [0.3, 0.4) is 0 Å². The van der Waals surface area contributed by atoms with Gasteiger partial charge in [0, 0.05) is 61.5 Å². The van der Waals surface area contributed by atoms with Gasteiger partial charge in [0.15, 0.2) is 5.82 Å². The van der Waals surface area contributed by atoms with E-state index in [1.165, 1.54) is 19.4 Å². The summed E-state index contributed by atoms with van der Waals surface area (Å²) < 4.78 is 48.0. The second kappa shape index (κ2) is 12.1. The standard InChI is InChI=1S/C36H34F2N6O4/c1-3-25-28(37)12-9-22-6-4-7-26(30(22)25)32-31(38)33-27(16-39-32)34(41-35(40-33)46-2)42-14-15-44(36(19-42)20-48-21-36)29(45)8-5-13-43-23-10-11-24(43)18-47-17-23/h1,4-9,12,16,23-24H,10-11,13-15,17-21H2,2H3/b8-5+/t23-,24?/m0/s1. The number of amides is 1. The summed E-state index contributed by atoms with van der Waals surface area (Å²) in [6.45, 7) is 4.27. The highest BCUT2D eigenvalue weighted by atomic mass is 19.1. The van der Waals surface area contributed by atoms with Gasteiger partial charge in [-0.2, -0.15) is 9.97 Å². The van der Waals surface area contributed by atoms with Crippen LogP contribution in [0.15, 0.2) is 48.7 Å². The highest BCUT2D eigenvalue weighted by Crippen LogP contribution is 2.39. The third kappa shape index (κ3) is 4.96. The van der Waals surface area contributed by atoms with Gasteiger partial charge in [0.1, 0.15) is 28.4 Å². The van der Waals surface area contributed by atoms with Gasteiger partial charge in [0.2, 0.25) is 5.91 Å². The Bertz CT molecular complexity index is 1990. The maximum atomic E-state index is 16.5. The lowest BCUT2D eigenvalue weighted by Crippen LogP contribution is -2.72. The Kier molecular flexibility index (Phi) is 7.70. The van der Waals surface area contributed by atoms with Crippen LogP contribution in [0, 0.1) is 24.0 Å². The summed E-state index contributed by atoms with van der Waals surface area (Å²) in [5.74, 6) is 1.52. The van der Waals surface area contributed by atoms with Crippen LogP contribution in [0.25, 0.3) is 32.9 Å². The van der Waals surface area contributed by atoms with Crippen molar-refractivity contribution in [3.8, 4) is 29.6 Å². The molecule has 48 heavy (non-hydrogen) atoms. The number of carbonyl (C=O) groups is 1. The topological polar surface area (TPSA) is 93.2 Å². The van der Waals surface area contributed by atoms with Crippen molar-refractivity contribution in [3.05, 3.63) is 65.9 Å². The highest BCUT2D eigenvalue weighted by molar-refractivity contribution is 6.02. The molecular formula is C36H34F2N6O4. The second-order valence-corrected chi connectivity index (χ2v) is 12.8. The Morgan fingerprint density at radius 1 is 1.12 bits per heavy atom. The zero-order valence-corrected chi connectivity index (χ0v) is 26.5. The normalized spacial score (nSPS) is 22.0. The molecule has 10 nitrogen and oxygen atoms in total. The first-order valence-electron chi connectivity index (χ1n) is 16.1. The molecule has 0 aliphatic carbocycles. The second-order valence-electron chi connectivity index (χ2n) is 12.8. The van der Waals surface area contributed by atoms with Crippen LogP contribution >= 0.6 is 0 Å². The zero-order valence-electron chi connectivity index (χ0n) is 26.5. The number of piperazine rings is 1. The summed E-state index contributed by atoms with van der Waals surface area (Å²) >= 11 is 0. The van der Waals surface area contributed by atoms with Crippen LogP contribution in [0.5, 0.6) is 6.01 Å². The van der Waals surface area contributed by atoms with E-state index in [2.05, 4.69) is 25.8 Å². The van der Waals surface area contributed by atoms with Gasteiger partial charge in [-0.1, -0.05) is 36.3 Å². The highest BCUT2D eigenvalue weighted by Gasteiger charge is 2.50. The van der Waals surface area contributed by atoms with Gasteiger partial charge in [-0.3, -0.25) is 14.7 Å². The molecule has 0 N–H and O–H groups in total. The largest absolute Gasteiger partial charge is 0.467 e. The predicted molar refractivity (Wildman–Crippen MR) is 176 cm³/mol. The van der Waals surface area contributed by atoms with Crippen LogP contribution in [0.2, 0.25) is 0 Å². The minimum Gasteiger partial charge on any atom is -0.467 e. The lowest BCUT2D eigenvalue weighted by molar-refractivity contribution is -0.164. The number of halogens is 2. The van der Waals surface area contributed by atoms with Gasteiger partial charge in [-0.25, -0.2) is 8.78 Å². The lowest BCUT2D eigenvalue weighted by atomic mass is 9.91. The minimum atomic E-state index is -0.705. The average molecular weight is 653 g/mol. The molecule has 2 aromatic heterocycles. The van der Waals surface area contributed by atoms with E-state index < -0.39 is 17.2 Å². The van der Waals surface area contributed by atoms with Crippen molar-refractivity contribution in [2.75, 3.05) is 64.6 Å². The fourth-order valence-electron chi connectivity index (χ4n) is 7.70. The molecule has 4 saturated heterocycles. The van der Waals surface area contributed by atoms with Crippen LogP contribution in [0.4, 0.5) is 14.6 Å². The van der Waals surface area contributed by atoms with E-state index in [4.69, 9.17) is 20.6 Å². The molecule has 8 rings (SSSR count). The predicted octanol–water partition coefficient (Wildman–Crippen LogP) is 3.95. The summed E-state index contributed by atoms with van der Waals surface area (Å²) in [6.07, 6.45) is 13.1. The molecule has 4 aliphatic heterocycles. The van der Waals surface area contributed by atoms with Gasteiger partial charge in [0.25, 0.3) is 0 Å². The van der Waals surface area contributed by atoms with Gasteiger partial charge in [-0.05, 0) is 24.3 Å². The first kappa shape index (κ1) is 30.6. The third-order valence-electron chi connectivity index (χ3n) is 10.1. The van der Waals surface area contributed by atoms with E-state index in [0.29, 0.717) is 72.5 Å². The molecule has 2 atom stereocenters. The molecule has 2 aromatic carbocycles. The molecule has 1 unspecified atom stereocenters. The average Bonchev–Trinajstić information content (AvgIpc) is 3.30. The number of terminal acetylenes is 1. The molecule has 12 heteroatoms. The fraction of sp³-hybridized carbons (Fsp3) is 0.389. The number of aromatic nitrogens is 3. The summed E-state index contributed by atoms with van der Waals surface area (Å²) in [6, 6.07) is 8.92. The Labute approximate surface area is 276 Å². The molecule has 4 aliphatic rings. The third-order valence-corrected chi connectivity index (χ3v) is 10.1. The van der Waals surface area contributed by atoms with Gasteiger partial charge >= 0.3 is 6.01 Å². The number of rotatable bonds is 6. The number of morpholine rings is 1. The number of nitrogens with zero attached hydrogens (tertiary/aromatic N) is 6. The number of hydrogen-bond acceptors (Lipinski definition) is 9. The van der Waals surface area contributed by atoms with Crippen LogP contribution < -0.4 is 9.64 Å². The quantitative estimate of drug-likeness (QED) is 0.227. The summed E-state index contributed by atoms with van der Waals surface area (Å²) in [5, 5.41) is 1.44. The Morgan fingerprint density at radius 2 is 1.94 bits per heavy atom. The Hall–Kier alpha value is -4.70. The minimum absolute atomic E-state index is 0.00921. The number of pyridine rings is 1. The van der Waals surface area contributed by atoms with Crippen molar-refractivity contribution < 1.29 is 27.8 Å². The monoisotopic (exact) mass is 652 g/mol. The molecule has 2 bridgehead atoms. The Morgan fingerprint density at radius 3 is 2.67 bits per heavy atom. The molecule has 4 fully saturated rings. The number of anilines is 1. The summed E-state index contributed by atoms with van der Waals surface area (Å²) in [5.41, 5.74) is -0.181. The van der Waals surface area contributed by atoms with Gasteiger partial charge in [-0.15, -0.1) is 6.42 Å². The SMILES string of the molecule is C#Cc1c(F)ccc2cccc(-c3ncc4c(N5CCN(C(=O)/C=C/CN6C7CC[C@H]6COC7)C6(COC6)C5)nc(OC)nc4c3F)c12. The smallest absolute Gasteiger partial charge is 0.318 e. The number of benzene rings is 2. The van der Waals surface area contributed by atoms with Gasteiger partial charge in [0.05, 0.1) is 44.5 Å². The lowest BCUT2D eigenvalue weighted by Gasteiger charge is -2.55. The van der Waals surface area contributed by atoms with E-state index in [0.717, 1.165) is 32.6 Å². The van der Waals surface area contributed by atoms with E-state index in [1.54, 1.807) is 30.3 Å². The number of hydrogen-bond donors (Lipinski definition) is 0. The molecule has 0 saturated carbocycles. The molecule has 0 radical (unpaired) electrons. The first-order chi connectivity index (χ1) is 23.4. The number of carbonyl (C=O) groups excluding carboxylic acids is 1. The van der Waals surface area contributed by atoms with Crippen LogP contribution in [0.1, 0.15) is 18.4 Å². The van der Waals surface area contributed by atoms with E-state index in [9.17, 15) is 9.18 Å². The first-order valence-corrected chi connectivity index (χ1v) is 16.1. The van der Waals surface area contributed by atoms with Crippen molar-refractivity contribution in [3.63, 3.8) is 0 Å². The van der Waals surface area contributed by atoms with E-state index in [-0.39, 0.29) is 28.7 Å². The Balaban J connectivity index is 1.10. The van der Waals surface area contributed by atoms with Crippen LogP contribution in [-0.2, 0) is 14.3 Å². The fourth-order valence-corrected chi connectivity index (χ4v) is 7.70. The molecular weight excluding hydrogens is 618 g/mol. The molecule has 1 amide bonds. The van der Waals surface area contributed by atoms with Crippen molar-refractivity contribution in [2.45, 2.75) is 30.5 Å².